The summed E-state index contributed by atoms with van der Waals surface area (Å²) < 4.78 is 43.8. The molecule has 142 valence electrons. The number of tetrazole rings is 1. The van der Waals surface area contributed by atoms with Crippen LogP contribution in [0.15, 0.2) is 18.2 Å². The van der Waals surface area contributed by atoms with Gasteiger partial charge in [-0.3, -0.25) is 0 Å². The lowest BCUT2D eigenvalue weighted by atomic mass is 10.1. The van der Waals surface area contributed by atoms with E-state index in [9.17, 15) is 12.8 Å². The second-order valence-corrected chi connectivity index (χ2v) is 8.87. The molecule has 0 spiro atoms. The van der Waals surface area contributed by atoms with Crippen molar-refractivity contribution in [2.45, 2.75) is 19.6 Å². The first-order valence-corrected chi connectivity index (χ1v) is 10.1. The van der Waals surface area contributed by atoms with E-state index in [4.69, 9.17) is 4.74 Å². The zero-order valence-electron chi connectivity index (χ0n) is 14.8. The van der Waals surface area contributed by atoms with Crippen molar-refractivity contribution in [1.82, 2.24) is 20.2 Å². The normalized spacial score (nSPS) is 19.0. The third-order valence-corrected chi connectivity index (χ3v) is 6.30. The number of ether oxygens (including phenoxy) is 1. The molecule has 1 aromatic heterocycles. The van der Waals surface area contributed by atoms with E-state index in [1.165, 1.54) is 13.2 Å². The van der Waals surface area contributed by atoms with Gasteiger partial charge in [0.1, 0.15) is 5.82 Å². The number of methoxy groups -OCH3 is 1. The van der Waals surface area contributed by atoms with Gasteiger partial charge in [-0.05, 0) is 34.4 Å². The van der Waals surface area contributed by atoms with Gasteiger partial charge in [-0.1, -0.05) is 17.2 Å². The standard InChI is InChI=1S/C16H22FN5O3S/c1-21(8-13-5-6-26(23,24)11-13)16-18-19-20-22(16)9-12-3-4-14(10-25-2)15(17)7-12/h3-4,7,13H,5-6,8-11H2,1-2H3. The maximum atomic E-state index is 14.1. The van der Waals surface area contributed by atoms with E-state index in [1.807, 2.05) is 18.0 Å². The Morgan fingerprint density at radius 3 is 2.88 bits per heavy atom. The van der Waals surface area contributed by atoms with E-state index in [0.29, 0.717) is 31.0 Å². The van der Waals surface area contributed by atoms with Crippen LogP contribution in [0.25, 0.3) is 0 Å². The summed E-state index contributed by atoms with van der Waals surface area (Å²) in [6.07, 6.45) is 0.653. The van der Waals surface area contributed by atoms with E-state index in [-0.39, 0.29) is 29.8 Å². The highest BCUT2D eigenvalue weighted by molar-refractivity contribution is 7.91. The Morgan fingerprint density at radius 1 is 1.42 bits per heavy atom. The Kier molecular flexibility index (Phi) is 5.52. The highest BCUT2D eigenvalue weighted by Crippen LogP contribution is 2.21. The molecule has 0 saturated carbocycles. The molecule has 1 aliphatic rings. The SMILES string of the molecule is COCc1ccc(Cn2nnnc2N(C)CC2CCS(=O)(=O)C2)cc1F. The third-order valence-electron chi connectivity index (χ3n) is 4.46. The van der Waals surface area contributed by atoms with E-state index in [1.54, 1.807) is 10.7 Å². The summed E-state index contributed by atoms with van der Waals surface area (Å²) in [7, 11) is 0.429. The largest absolute Gasteiger partial charge is 0.380 e. The molecule has 0 amide bonds. The first-order valence-electron chi connectivity index (χ1n) is 8.32. The van der Waals surface area contributed by atoms with Gasteiger partial charge in [-0.15, -0.1) is 0 Å². The van der Waals surface area contributed by atoms with Crippen LogP contribution in [0, 0.1) is 11.7 Å². The van der Waals surface area contributed by atoms with Gasteiger partial charge in [0.2, 0.25) is 5.95 Å². The predicted octanol–water partition coefficient (Wildman–Crippen LogP) is 0.878. The van der Waals surface area contributed by atoms with Crippen molar-refractivity contribution in [3.05, 3.63) is 35.1 Å². The Morgan fingerprint density at radius 2 is 2.23 bits per heavy atom. The van der Waals surface area contributed by atoms with Crippen LogP contribution in [0.3, 0.4) is 0 Å². The molecule has 8 nitrogen and oxygen atoms in total. The number of nitrogens with zero attached hydrogens (tertiary/aromatic N) is 5. The predicted molar refractivity (Wildman–Crippen MR) is 94.1 cm³/mol. The minimum atomic E-state index is -2.92. The number of hydrogen-bond donors (Lipinski definition) is 0. The molecule has 1 unspecified atom stereocenters. The molecular formula is C16H22FN5O3S. The number of anilines is 1. The minimum Gasteiger partial charge on any atom is -0.380 e. The van der Waals surface area contributed by atoms with Gasteiger partial charge in [0.15, 0.2) is 9.84 Å². The average molecular weight is 383 g/mol. The summed E-state index contributed by atoms with van der Waals surface area (Å²) in [5, 5.41) is 11.7. The van der Waals surface area contributed by atoms with Crippen molar-refractivity contribution in [1.29, 1.82) is 0 Å². The van der Waals surface area contributed by atoms with Gasteiger partial charge < -0.3 is 9.64 Å². The lowest BCUT2D eigenvalue weighted by Crippen LogP contribution is -2.29. The number of benzene rings is 1. The van der Waals surface area contributed by atoms with Crippen molar-refractivity contribution in [2.75, 3.05) is 37.1 Å². The molecule has 2 aromatic rings. The maximum absolute atomic E-state index is 14.1. The molecule has 1 saturated heterocycles. The molecule has 1 fully saturated rings. The van der Waals surface area contributed by atoms with E-state index in [0.717, 1.165) is 5.56 Å². The molecular weight excluding hydrogens is 361 g/mol. The molecule has 1 atom stereocenters. The molecule has 3 rings (SSSR count). The van der Waals surface area contributed by atoms with Gasteiger partial charge in [-0.25, -0.2) is 17.5 Å². The van der Waals surface area contributed by atoms with Crippen LogP contribution in [-0.2, 0) is 27.7 Å². The van der Waals surface area contributed by atoms with Crippen LogP contribution in [-0.4, -0.2) is 60.8 Å². The molecule has 0 aliphatic carbocycles. The quantitative estimate of drug-likeness (QED) is 0.701. The van der Waals surface area contributed by atoms with Crippen LogP contribution < -0.4 is 4.90 Å². The highest BCUT2D eigenvalue weighted by atomic mass is 32.2. The zero-order chi connectivity index (χ0) is 18.7. The van der Waals surface area contributed by atoms with Crippen LogP contribution in [0.1, 0.15) is 17.5 Å². The second kappa shape index (κ2) is 7.67. The van der Waals surface area contributed by atoms with Crippen LogP contribution in [0.2, 0.25) is 0 Å². The van der Waals surface area contributed by atoms with Crippen molar-refractivity contribution < 1.29 is 17.5 Å². The lowest BCUT2D eigenvalue weighted by molar-refractivity contribution is 0.181. The number of aromatic nitrogens is 4. The zero-order valence-corrected chi connectivity index (χ0v) is 15.6. The summed E-state index contributed by atoms with van der Waals surface area (Å²) in [6.45, 7) is 1.09. The Bertz CT molecular complexity index is 871. The molecule has 26 heavy (non-hydrogen) atoms. The van der Waals surface area contributed by atoms with Crippen molar-refractivity contribution in [3.8, 4) is 0 Å². The van der Waals surface area contributed by atoms with E-state index in [2.05, 4.69) is 15.5 Å². The lowest BCUT2D eigenvalue weighted by Gasteiger charge is -2.20. The molecule has 2 heterocycles. The fourth-order valence-corrected chi connectivity index (χ4v) is 5.04. The van der Waals surface area contributed by atoms with Crippen molar-refractivity contribution in [2.24, 2.45) is 5.92 Å². The second-order valence-electron chi connectivity index (χ2n) is 6.64. The van der Waals surface area contributed by atoms with E-state index < -0.39 is 9.84 Å². The number of halogens is 1. The summed E-state index contributed by atoms with van der Waals surface area (Å²) >= 11 is 0. The molecule has 1 aliphatic heterocycles. The first kappa shape index (κ1) is 18.7. The fraction of sp³-hybridized carbons (Fsp3) is 0.562. The third kappa shape index (κ3) is 4.36. The van der Waals surface area contributed by atoms with Crippen LogP contribution in [0.4, 0.5) is 10.3 Å². The molecule has 10 heteroatoms. The van der Waals surface area contributed by atoms with Gasteiger partial charge in [0, 0.05) is 26.3 Å². The maximum Gasteiger partial charge on any atom is 0.245 e. The first-order chi connectivity index (χ1) is 12.4. The summed E-state index contributed by atoms with van der Waals surface area (Å²) in [5.74, 6) is 0.703. The van der Waals surface area contributed by atoms with E-state index >= 15 is 0 Å². The topological polar surface area (TPSA) is 90.2 Å². The monoisotopic (exact) mass is 383 g/mol. The van der Waals surface area contributed by atoms with Crippen molar-refractivity contribution >= 4 is 15.8 Å². The summed E-state index contributed by atoms with van der Waals surface area (Å²) in [4.78, 5) is 1.85. The Hall–Kier alpha value is -2.07. The van der Waals surface area contributed by atoms with Crippen LogP contribution >= 0.6 is 0 Å². The fourth-order valence-electron chi connectivity index (χ4n) is 3.20. The smallest absolute Gasteiger partial charge is 0.245 e. The molecule has 1 aromatic carbocycles. The average Bonchev–Trinajstić information content (AvgIpc) is 3.16. The Balaban J connectivity index is 1.69. The molecule has 0 radical (unpaired) electrons. The Labute approximate surface area is 151 Å². The number of sulfone groups is 1. The number of hydrogen-bond acceptors (Lipinski definition) is 7. The molecule has 0 bridgehead atoms. The highest BCUT2D eigenvalue weighted by Gasteiger charge is 2.29. The summed E-state index contributed by atoms with van der Waals surface area (Å²) in [5.41, 5.74) is 1.22. The van der Waals surface area contributed by atoms with Gasteiger partial charge in [0.05, 0.1) is 24.7 Å². The van der Waals surface area contributed by atoms with Gasteiger partial charge in [-0.2, -0.15) is 0 Å². The van der Waals surface area contributed by atoms with Gasteiger partial charge in [0.25, 0.3) is 0 Å². The summed E-state index contributed by atoms with van der Waals surface area (Å²) in [6, 6.07) is 4.95. The van der Waals surface area contributed by atoms with Crippen LogP contribution in [0.5, 0.6) is 0 Å². The molecule has 0 N–H and O–H groups in total. The number of rotatable bonds is 7. The van der Waals surface area contributed by atoms with Crippen molar-refractivity contribution in [3.63, 3.8) is 0 Å². The minimum absolute atomic E-state index is 0.0703. The van der Waals surface area contributed by atoms with Gasteiger partial charge >= 0.3 is 0 Å².